The molecule has 35 heavy (non-hydrogen) atoms. The second kappa shape index (κ2) is 10.9. The van der Waals surface area contributed by atoms with E-state index in [9.17, 15) is 13.2 Å². The number of hydrogen-bond donors (Lipinski definition) is 2. The first-order valence-corrected chi connectivity index (χ1v) is 13.4. The van der Waals surface area contributed by atoms with E-state index in [0.29, 0.717) is 30.7 Å². The van der Waals surface area contributed by atoms with Crippen molar-refractivity contribution < 1.29 is 18.3 Å². The smallest absolute Gasteiger partial charge is 0.303 e. The molecule has 1 heterocycles. The van der Waals surface area contributed by atoms with Gasteiger partial charge in [-0.25, -0.2) is 13.1 Å². The Balaban J connectivity index is 1.55. The van der Waals surface area contributed by atoms with Crippen LogP contribution in [0.5, 0.6) is 0 Å². The van der Waals surface area contributed by atoms with Crippen LogP contribution < -0.4 is 4.72 Å². The Morgan fingerprint density at radius 1 is 1.09 bits per heavy atom. The normalized spacial score (nSPS) is 15.7. The van der Waals surface area contributed by atoms with E-state index in [1.165, 1.54) is 12.1 Å². The SMILES string of the molecule is O=C(O)CCC/C=C(\c1cccnc1)c1ccc2c(c1)CC(NS(=O)(=O)c1cc(Cl)ccc1Cl)C2. The zero-order valence-corrected chi connectivity index (χ0v) is 21.1. The highest BCUT2D eigenvalue weighted by atomic mass is 35.5. The van der Waals surface area contributed by atoms with Crippen LogP contribution in [0.15, 0.2) is 71.9 Å². The van der Waals surface area contributed by atoms with Gasteiger partial charge in [0.05, 0.1) is 5.02 Å². The minimum absolute atomic E-state index is 0.0357. The highest BCUT2D eigenvalue weighted by molar-refractivity contribution is 7.89. The molecule has 6 nitrogen and oxygen atoms in total. The lowest BCUT2D eigenvalue weighted by molar-refractivity contribution is -0.137. The number of nitrogens with zero attached hydrogens (tertiary/aromatic N) is 1. The van der Waals surface area contributed by atoms with Crippen molar-refractivity contribution in [1.82, 2.24) is 9.71 Å². The second-order valence-corrected chi connectivity index (χ2v) is 11.0. The summed E-state index contributed by atoms with van der Waals surface area (Å²) in [6.07, 6.45) is 7.91. The van der Waals surface area contributed by atoms with Crippen molar-refractivity contribution in [3.8, 4) is 0 Å². The van der Waals surface area contributed by atoms with E-state index in [1.54, 1.807) is 18.5 Å². The number of nitrogens with one attached hydrogen (secondary N) is 1. The van der Waals surface area contributed by atoms with Gasteiger partial charge in [-0.3, -0.25) is 9.78 Å². The Morgan fingerprint density at radius 3 is 2.63 bits per heavy atom. The molecule has 1 aliphatic carbocycles. The number of allylic oxidation sites excluding steroid dienone is 1. The third kappa shape index (κ3) is 6.30. The zero-order valence-electron chi connectivity index (χ0n) is 18.7. The average molecular weight is 531 g/mol. The van der Waals surface area contributed by atoms with Crippen LogP contribution in [-0.4, -0.2) is 30.5 Å². The molecule has 2 aromatic carbocycles. The molecule has 0 saturated heterocycles. The number of aromatic nitrogens is 1. The van der Waals surface area contributed by atoms with Gasteiger partial charge in [0.1, 0.15) is 4.90 Å². The molecule has 182 valence electrons. The highest BCUT2D eigenvalue weighted by Crippen LogP contribution is 2.31. The monoisotopic (exact) mass is 530 g/mol. The molecule has 9 heteroatoms. The molecule has 1 atom stereocenters. The van der Waals surface area contributed by atoms with Crippen molar-refractivity contribution in [3.63, 3.8) is 0 Å². The van der Waals surface area contributed by atoms with Crippen LogP contribution >= 0.6 is 23.2 Å². The summed E-state index contributed by atoms with van der Waals surface area (Å²) < 4.78 is 28.7. The molecular weight excluding hydrogens is 507 g/mol. The number of hydrogen-bond acceptors (Lipinski definition) is 4. The third-order valence-electron chi connectivity index (χ3n) is 5.87. The van der Waals surface area contributed by atoms with E-state index >= 15 is 0 Å². The summed E-state index contributed by atoms with van der Waals surface area (Å²) in [5.41, 5.74) is 5.03. The minimum atomic E-state index is -3.84. The molecule has 0 aliphatic heterocycles. The van der Waals surface area contributed by atoms with Crippen molar-refractivity contribution in [2.45, 2.75) is 43.0 Å². The Morgan fingerprint density at radius 2 is 1.89 bits per heavy atom. The Kier molecular flexibility index (Phi) is 7.91. The molecular formula is C26H24Cl2N2O4S. The van der Waals surface area contributed by atoms with Gasteiger partial charge >= 0.3 is 5.97 Å². The van der Waals surface area contributed by atoms with Crippen molar-refractivity contribution >= 4 is 44.8 Å². The minimum Gasteiger partial charge on any atom is -0.481 e. The molecule has 2 N–H and O–H groups in total. The number of aliphatic carboxylic acids is 1. The van der Waals surface area contributed by atoms with Gasteiger partial charge in [0, 0.05) is 35.4 Å². The summed E-state index contributed by atoms with van der Waals surface area (Å²) in [5, 5.41) is 9.35. The van der Waals surface area contributed by atoms with Crippen LogP contribution in [0, 0.1) is 0 Å². The molecule has 0 spiro atoms. The first kappa shape index (κ1) is 25.4. The van der Waals surface area contributed by atoms with Gasteiger partial charge in [-0.15, -0.1) is 0 Å². The summed E-state index contributed by atoms with van der Waals surface area (Å²) in [6, 6.07) is 14.0. The third-order valence-corrected chi connectivity index (χ3v) is 8.11. The molecule has 3 aromatic rings. The van der Waals surface area contributed by atoms with Crippen LogP contribution in [0.4, 0.5) is 0 Å². The number of carbonyl (C=O) groups is 1. The first-order chi connectivity index (χ1) is 16.7. The van der Waals surface area contributed by atoms with E-state index in [0.717, 1.165) is 27.8 Å². The fraction of sp³-hybridized carbons (Fsp3) is 0.231. The number of benzene rings is 2. The van der Waals surface area contributed by atoms with Crippen LogP contribution in [0.25, 0.3) is 5.57 Å². The van der Waals surface area contributed by atoms with Gasteiger partial charge in [-0.1, -0.05) is 53.5 Å². The fourth-order valence-corrected chi connectivity index (χ4v) is 6.26. The van der Waals surface area contributed by atoms with Crippen LogP contribution in [0.1, 0.15) is 41.5 Å². The molecule has 0 saturated carbocycles. The van der Waals surface area contributed by atoms with Gasteiger partial charge in [-0.2, -0.15) is 0 Å². The summed E-state index contributed by atoms with van der Waals surface area (Å²) in [4.78, 5) is 15.1. The van der Waals surface area contributed by atoms with E-state index in [1.807, 2.05) is 30.3 Å². The van der Waals surface area contributed by atoms with Crippen molar-refractivity contribution in [1.29, 1.82) is 0 Å². The Hall–Kier alpha value is -2.71. The van der Waals surface area contributed by atoms with E-state index < -0.39 is 16.0 Å². The quantitative estimate of drug-likeness (QED) is 0.355. The van der Waals surface area contributed by atoms with Crippen molar-refractivity contribution in [2.75, 3.05) is 0 Å². The highest BCUT2D eigenvalue weighted by Gasteiger charge is 2.28. The van der Waals surface area contributed by atoms with E-state index in [-0.39, 0.29) is 22.4 Å². The molecule has 0 fully saturated rings. The van der Waals surface area contributed by atoms with Crippen molar-refractivity contribution in [2.24, 2.45) is 0 Å². The number of fused-ring (bicyclic) bond motifs is 1. The predicted octanol–water partition coefficient (Wildman–Crippen LogP) is 5.52. The lowest BCUT2D eigenvalue weighted by Crippen LogP contribution is -2.35. The van der Waals surface area contributed by atoms with E-state index in [4.69, 9.17) is 28.3 Å². The number of pyridine rings is 1. The van der Waals surface area contributed by atoms with Crippen LogP contribution in [0.2, 0.25) is 10.0 Å². The molecule has 0 radical (unpaired) electrons. The van der Waals surface area contributed by atoms with Gasteiger partial charge < -0.3 is 5.11 Å². The van der Waals surface area contributed by atoms with Gasteiger partial charge in [0.25, 0.3) is 0 Å². The van der Waals surface area contributed by atoms with Gasteiger partial charge in [0.15, 0.2) is 0 Å². The summed E-state index contributed by atoms with van der Waals surface area (Å²) in [7, 11) is -3.84. The first-order valence-electron chi connectivity index (χ1n) is 11.1. The molecule has 0 bridgehead atoms. The number of halogens is 2. The lowest BCUT2D eigenvalue weighted by atomic mass is 9.95. The zero-order chi connectivity index (χ0) is 25.0. The molecule has 1 aliphatic rings. The molecule has 0 amide bonds. The van der Waals surface area contributed by atoms with E-state index in [2.05, 4.69) is 15.8 Å². The van der Waals surface area contributed by atoms with Crippen LogP contribution in [0.3, 0.4) is 0 Å². The maximum atomic E-state index is 13.0. The average Bonchev–Trinajstić information content (AvgIpc) is 3.21. The largest absolute Gasteiger partial charge is 0.481 e. The Bertz CT molecular complexity index is 1380. The number of unbranched alkanes of at least 4 members (excludes halogenated alkanes) is 1. The topological polar surface area (TPSA) is 96.4 Å². The summed E-state index contributed by atoms with van der Waals surface area (Å²) in [6.45, 7) is 0. The summed E-state index contributed by atoms with van der Waals surface area (Å²) in [5.74, 6) is -0.814. The molecule has 1 aromatic heterocycles. The number of rotatable bonds is 9. The van der Waals surface area contributed by atoms with Gasteiger partial charge in [0.2, 0.25) is 10.0 Å². The lowest BCUT2D eigenvalue weighted by Gasteiger charge is -2.14. The Labute approximate surface area is 214 Å². The maximum absolute atomic E-state index is 13.0. The predicted molar refractivity (Wildman–Crippen MR) is 137 cm³/mol. The summed E-state index contributed by atoms with van der Waals surface area (Å²) >= 11 is 12.1. The number of sulfonamides is 1. The second-order valence-electron chi connectivity index (χ2n) is 8.43. The fourth-order valence-electron chi connectivity index (χ4n) is 4.26. The number of carboxylic acid groups (broad SMARTS) is 1. The van der Waals surface area contributed by atoms with Gasteiger partial charge in [-0.05, 0) is 72.2 Å². The molecule has 4 rings (SSSR count). The van der Waals surface area contributed by atoms with Crippen LogP contribution in [-0.2, 0) is 27.7 Å². The standard InChI is InChI=1S/C26H24Cl2N2O4S/c27-21-9-10-24(28)25(15-21)35(33,34)30-22-13-17-7-8-18(12-20(17)14-22)23(5-1-2-6-26(31)32)19-4-3-11-29-16-19/h3-5,7-12,15-16,22,30H,1-2,6,13-14H2,(H,31,32)/b23-5-. The number of carboxylic acids is 1. The maximum Gasteiger partial charge on any atom is 0.303 e. The van der Waals surface area contributed by atoms with Crippen molar-refractivity contribution in [3.05, 3.63) is 99.3 Å². The molecule has 1 unspecified atom stereocenters.